The van der Waals surface area contributed by atoms with Crippen molar-refractivity contribution in [2.45, 2.75) is 32.8 Å². The predicted octanol–water partition coefficient (Wildman–Crippen LogP) is 0.544. The lowest BCUT2D eigenvalue weighted by atomic mass is 10.2. The largest absolute Gasteiger partial charge is 0.380 e. The lowest BCUT2D eigenvalue weighted by Crippen LogP contribution is -2.33. The highest BCUT2D eigenvalue weighted by molar-refractivity contribution is 5.77. The third kappa shape index (κ3) is 13.3. The van der Waals surface area contributed by atoms with Gasteiger partial charge in [0.15, 0.2) is 0 Å². The van der Waals surface area contributed by atoms with E-state index in [0.717, 1.165) is 13.0 Å². The Kier molecular flexibility index (Phi) is 9.03. The highest BCUT2D eigenvalue weighted by Gasteiger charge is 2.12. The Bertz CT molecular complexity index is 202. The Labute approximate surface area is 104 Å². The standard InChI is InChI=1S/C12H26N2O3/c1-12(2,3)17-10-11(15)14-6-5-8-16-9-7-13-4/h13H,5-10H2,1-4H3,(H,14,15). The maximum atomic E-state index is 11.3. The molecule has 102 valence electrons. The highest BCUT2D eigenvalue weighted by Crippen LogP contribution is 2.05. The number of amides is 1. The van der Waals surface area contributed by atoms with Crippen molar-refractivity contribution in [3.05, 3.63) is 0 Å². The first-order valence-electron chi connectivity index (χ1n) is 6.08. The second-order valence-corrected chi connectivity index (χ2v) is 4.82. The van der Waals surface area contributed by atoms with Crippen LogP contribution in [-0.2, 0) is 14.3 Å². The second-order valence-electron chi connectivity index (χ2n) is 4.82. The van der Waals surface area contributed by atoms with Crippen molar-refractivity contribution in [2.24, 2.45) is 0 Å². The van der Waals surface area contributed by atoms with Crippen LogP contribution in [0.2, 0.25) is 0 Å². The van der Waals surface area contributed by atoms with Crippen LogP contribution in [0.1, 0.15) is 27.2 Å². The van der Waals surface area contributed by atoms with Gasteiger partial charge in [-0.05, 0) is 34.2 Å². The highest BCUT2D eigenvalue weighted by atomic mass is 16.5. The van der Waals surface area contributed by atoms with Crippen LogP contribution >= 0.6 is 0 Å². The lowest BCUT2D eigenvalue weighted by Gasteiger charge is -2.18. The van der Waals surface area contributed by atoms with Gasteiger partial charge in [-0.25, -0.2) is 0 Å². The van der Waals surface area contributed by atoms with Crippen LogP contribution in [0.15, 0.2) is 0 Å². The summed E-state index contributed by atoms with van der Waals surface area (Å²) in [5, 5.41) is 5.78. The van der Waals surface area contributed by atoms with Gasteiger partial charge in [-0.15, -0.1) is 0 Å². The van der Waals surface area contributed by atoms with Crippen LogP contribution in [0.4, 0.5) is 0 Å². The Morgan fingerprint density at radius 1 is 1.18 bits per heavy atom. The van der Waals surface area contributed by atoms with E-state index in [2.05, 4.69) is 10.6 Å². The summed E-state index contributed by atoms with van der Waals surface area (Å²) in [5.41, 5.74) is -0.270. The molecular formula is C12H26N2O3. The normalized spacial score (nSPS) is 11.5. The van der Waals surface area contributed by atoms with Crippen LogP contribution in [-0.4, -0.2) is 51.5 Å². The molecule has 0 saturated carbocycles. The summed E-state index contributed by atoms with van der Waals surface area (Å²) in [7, 11) is 1.89. The summed E-state index contributed by atoms with van der Waals surface area (Å²) in [6, 6.07) is 0. The second kappa shape index (κ2) is 9.39. The smallest absolute Gasteiger partial charge is 0.246 e. The molecule has 0 heterocycles. The lowest BCUT2D eigenvalue weighted by molar-refractivity contribution is -0.130. The number of nitrogens with one attached hydrogen (secondary N) is 2. The molecule has 0 aromatic rings. The molecule has 0 rings (SSSR count). The molecule has 0 spiro atoms. The Hall–Kier alpha value is -0.650. The summed E-state index contributed by atoms with van der Waals surface area (Å²) < 4.78 is 10.7. The number of ether oxygens (including phenoxy) is 2. The number of likely N-dealkylation sites (N-methyl/N-ethyl adjacent to an activating group) is 1. The molecule has 0 unspecified atom stereocenters. The fourth-order valence-electron chi connectivity index (χ4n) is 1.01. The van der Waals surface area contributed by atoms with Crippen LogP contribution in [0.25, 0.3) is 0 Å². The number of carbonyl (C=O) groups excluding carboxylic acids is 1. The van der Waals surface area contributed by atoms with Crippen molar-refractivity contribution in [3.8, 4) is 0 Å². The maximum Gasteiger partial charge on any atom is 0.246 e. The third-order valence-corrected chi connectivity index (χ3v) is 1.92. The third-order valence-electron chi connectivity index (χ3n) is 1.92. The average molecular weight is 246 g/mol. The summed E-state index contributed by atoms with van der Waals surface area (Å²) in [5.74, 6) is -0.0739. The molecular weight excluding hydrogens is 220 g/mol. The monoisotopic (exact) mass is 246 g/mol. The molecule has 1 amide bonds. The van der Waals surface area contributed by atoms with Gasteiger partial charge in [0.25, 0.3) is 0 Å². The van der Waals surface area contributed by atoms with Crippen molar-refractivity contribution in [3.63, 3.8) is 0 Å². The molecule has 0 bridgehead atoms. The van der Waals surface area contributed by atoms with Gasteiger partial charge in [0, 0.05) is 19.7 Å². The molecule has 17 heavy (non-hydrogen) atoms. The molecule has 0 aromatic heterocycles. The number of rotatable bonds is 9. The van der Waals surface area contributed by atoms with Crippen LogP contribution < -0.4 is 10.6 Å². The maximum absolute atomic E-state index is 11.3. The van der Waals surface area contributed by atoms with Gasteiger partial charge in [-0.3, -0.25) is 4.79 Å². The van der Waals surface area contributed by atoms with E-state index in [1.807, 2.05) is 27.8 Å². The first-order valence-corrected chi connectivity index (χ1v) is 6.08. The van der Waals surface area contributed by atoms with Crippen molar-refractivity contribution in [1.82, 2.24) is 10.6 Å². The van der Waals surface area contributed by atoms with E-state index in [1.54, 1.807) is 0 Å². The minimum Gasteiger partial charge on any atom is -0.380 e. The SMILES string of the molecule is CNCCOCCCNC(=O)COC(C)(C)C. The van der Waals surface area contributed by atoms with E-state index < -0.39 is 0 Å². The molecule has 5 nitrogen and oxygen atoms in total. The van der Waals surface area contributed by atoms with Gasteiger partial charge in [0.2, 0.25) is 5.91 Å². The van der Waals surface area contributed by atoms with Crippen LogP contribution in [0.5, 0.6) is 0 Å². The first-order chi connectivity index (χ1) is 7.95. The van der Waals surface area contributed by atoms with Gasteiger partial charge >= 0.3 is 0 Å². The summed E-state index contributed by atoms with van der Waals surface area (Å²) >= 11 is 0. The minimum atomic E-state index is -0.270. The molecule has 0 aromatic carbocycles. The molecule has 5 heteroatoms. The molecule has 2 N–H and O–H groups in total. The van der Waals surface area contributed by atoms with Gasteiger partial charge in [0.1, 0.15) is 6.61 Å². The summed E-state index contributed by atoms with van der Waals surface area (Å²) in [6.07, 6.45) is 0.824. The first kappa shape index (κ1) is 16.4. The summed E-state index contributed by atoms with van der Waals surface area (Å²) in [6.45, 7) is 8.75. The Balaban J connectivity index is 3.28. The minimum absolute atomic E-state index is 0.0739. The van der Waals surface area contributed by atoms with E-state index in [0.29, 0.717) is 19.8 Å². The zero-order chi connectivity index (χ0) is 13.1. The van der Waals surface area contributed by atoms with Crippen molar-refractivity contribution in [2.75, 3.05) is 40.0 Å². The van der Waals surface area contributed by atoms with E-state index in [4.69, 9.17) is 9.47 Å². The molecule has 0 radical (unpaired) electrons. The number of hydrogen-bond acceptors (Lipinski definition) is 4. The molecule has 0 aliphatic heterocycles. The van der Waals surface area contributed by atoms with E-state index in [9.17, 15) is 4.79 Å². The summed E-state index contributed by atoms with van der Waals surface area (Å²) in [4.78, 5) is 11.3. The van der Waals surface area contributed by atoms with E-state index >= 15 is 0 Å². The number of carbonyl (C=O) groups is 1. The number of hydrogen-bond donors (Lipinski definition) is 2. The van der Waals surface area contributed by atoms with Crippen molar-refractivity contribution in [1.29, 1.82) is 0 Å². The van der Waals surface area contributed by atoms with Crippen LogP contribution in [0, 0.1) is 0 Å². The quantitative estimate of drug-likeness (QED) is 0.583. The van der Waals surface area contributed by atoms with Gasteiger partial charge in [-0.1, -0.05) is 0 Å². The van der Waals surface area contributed by atoms with Gasteiger partial charge in [0.05, 0.1) is 12.2 Å². The molecule has 0 atom stereocenters. The zero-order valence-electron chi connectivity index (χ0n) is 11.5. The van der Waals surface area contributed by atoms with Crippen LogP contribution in [0.3, 0.4) is 0 Å². The molecule has 0 aliphatic rings. The fraction of sp³-hybridized carbons (Fsp3) is 0.917. The van der Waals surface area contributed by atoms with Crippen molar-refractivity contribution >= 4 is 5.91 Å². The van der Waals surface area contributed by atoms with E-state index in [-0.39, 0.29) is 18.1 Å². The predicted molar refractivity (Wildman–Crippen MR) is 68.1 cm³/mol. The average Bonchev–Trinajstić information content (AvgIpc) is 2.24. The van der Waals surface area contributed by atoms with Gasteiger partial charge in [-0.2, -0.15) is 0 Å². The van der Waals surface area contributed by atoms with Crippen molar-refractivity contribution < 1.29 is 14.3 Å². The fourth-order valence-corrected chi connectivity index (χ4v) is 1.01. The zero-order valence-corrected chi connectivity index (χ0v) is 11.5. The molecule has 0 saturated heterocycles. The molecule has 0 aliphatic carbocycles. The Morgan fingerprint density at radius 3 is 2.47 bits per heavy atom. The van der Waals surface area contributed by atoms with Gasteiger partial charge < -0.3 is 20.1 Å². The Morgan fingerprint density at radius 2 is 1.88 bits per heavy atom. The molecule has 0 fully saturated rings. The van der Waals surface area contributed by atoms with E-state index in [1.165, 1.54) is 0 Å². The topological polar surface area (TPSA) is 59.6 Å².